The third-order valence-electron chi connectivity index (χ3n) is 6.67. The van der Waals surface area contributed by atoms with Crippen LogP contribution in [0.1, 0.15) is 36.2 Å². The van der Waals surface area contributed by atoms with Crippen LogP contribution in [-0.2, 0) is 0 Å². The molecular formula is C21H22ClN4NaO3. The number of carboxylic acids is 1. The summed E-state index contributed by atoms with van der Waals surface area (Å²) in [4.78, 5) is 30.7. The predicted molar refractivity (Wildman–Crippen MR) is 109 cm³/mol. The molecule has 3 aliphatic rings. The number of carbonyl (C=O) groups is 1. The Hall–Kier alpha value is -1.38. The molecular weight excluding hydrogens is 415 g/mol. The maximum absolute atomic E-state index is 12.7. The standard InChI is InChI=1S/C21H23ClN4O3.Na/c1-10-2-5-16(23)14-8-25(7-13(10)14)20-17(22)18-12(6-24-20)19(27)15(21(28)29)9-26(18)11-3-4-11;/h2,5-6,9-11,13-14,16H,3-4,7-8,23H2,1H3,(H,28,29);/q;+1/p-1/t10-,13-,14-,16+;/m0./s1. The number of allylic oxidation sites excluding steroid dienone is 1. The molecule has 4 atom stereocenters. The zero-order valence-electron chi connectivity index (χ0n) is 17.0. The molecule has 1 saturated carbocycles. The minimum atomic E-state index is -1.48. The SMILES string of the molecule is C[C@H]1C=C[C@@H](N)[C@H]2CN(c3ncc4c(=O)c(C(=O)[O-])cn(C5CC5)c4c3Cl)C[C@H]21.[Na+]. The average Bonchev–Trinajstić information content (AvgIpc) is 3.43. The van der Waals surface area contributed by atoms with Crippen molar-refractivity contribution in [3.05, 3.63) is 45.4 Å². The molecule has 2 aliphatic carbocycles. The number of pyridine rings is 2. The van der Waals surface area contributed by atoms with E-state index in [1.54, 1.807) is 0 Å². The molecule has 1 aliphatic heterocycles. The zero-order valence-corrected chi connectivity index (χ0v) is 19.8. The van der Waals surface area contributed by atoms with Crippen molar-refractivity contribution in [1.82, 2.24) is 9.55 Å². The van der Waals surface area contributed by atoms with Crippen LogP contribution in [0.2, 0.25) is 5.02 Å². The van der Waals surface area contributed by atoms with Crippen LogP contribution >= 0.6 is 11.6 Å². The molecule has 0 aromatic carbocycles. The molecule has 0 radical (unpaired) electrons. The van der Waals surface area contributed by atoms with Gasteiger partial charge >= 0.3 is 29.6 Å². The summed E-state index contributed by atoms with van der Waals surface area (Å²) >= 11 is 6.80. The van der Waals surface area contributed by atoms with Crippen molar-refractivity contribution in [2.45, 2.75) is 31.8 Å². The second kappa shape index (κ2) is 7.95. The number of fused-ring (bicyclic) bond motifs is 2. The van der Waals surface area contributed by atoms with Crippen molar-refractivity contribution in [3.8, 4) is 0 Å². The second-order valence-electron chi connectivity index (χ2n) is 8.51. The van der Waals surface area contributed by atoms with E-state index in [2.05, 4.69) is 29.0 Å². The van der Waals surface area contributed by atoms with Gasteiger partial charge in [0.25, 0.3) is 0 Å². The maximum Gasteiger partial charge on any atom is 1.00 e. The van der Waals surface area contributed by atoms with Crippen LogP contribution in [0, 0.1) is 17.8 Å². The number of hydrogen-bond donors (Lipinski definition) is 1. The van der Waals surface area contributed by atoms with E-state index < -0.39 is 11.4 Å². The summed E-state index contributed by atoms with van der Waals surface area (Å²) < 4.78 is 1.81. The Morgan fingerprint density at radius 3 is 2.60 bits per heavy atom. The number of carbonyl (C=O) groups excluding carboxylic acids is 1. The molecule has 7 nitrogen and oxygen atoms in total. The van der Waals surface area contributed by atoms with E-state index in [0.717, 1.165) is 25.9 Å². The number of nitrogens with zero attached hydrogens (tertiary/aromatic N) is 3. The maximum atomic E-state index is 12.7. The fraction of sp³-hybridized carbons (Fsp3) is 0.476. The van der Waals surface area contributed by atoms with E-state index in [-0.39, 0.29) is 52.6 Å². The van der Waals surface area contributed by atoms with Crippen LogP contribution in [0.25, 0.3) is 10.9 Å². The van der Waals surface area contributed by atoms with Gasteiger partial charge in [-0.15, -0.1) is 0 Å². The van der Waals surface area contributed by atoms with Gasteiger partial charge in [-0.1, -0.05) is 30.7 Å². The summed E-state index contributed by atoms with van der Waals surface area (Å²) in [6, 6.07) is 0.151. The molecule has 0 bridgehead atoms. The van der Waals surface area contributed by atoms with E-state index in [9.17, 15) is 14.7 Å². The molecule has 2 fully saturated rings. The number of anilines is 1. The summed E-state index contributed by atoms with van der Waals surface area (Å²) in [7, 11) is 0. The second-order valence-corrected chi connectivity index (χ2v) is 8.89. The van der Waals surface area contributed by atoms with Gasteiger partial charge in [0, 0.05) is 43.5 Å². The molecule has 2 aromatic heterocycles. The average molecular weight is 437 g/mol. The van der Waals surface area contributed by atoms with Gasteiger partial charge < -0.3 is 25.1 Å². The number of aromatic nitrogens is 2. The Balaban J connectivity index is 0.00000218. The van der Waals surface area contributed by atoms with Gasteiger partial charge in [-0.05, 0) is 24.7 Å². The first-order valence-corrected chi connectivity index (χ1v) is 10.4. The molecule has 152 valence electrons. The van der Waals surface area contributed by atoms with Gasteiger partial charge in [-0.3, -0.25) is 4.79 Å². The topological polar surface area (TPSA) is 104 Å². The number of halogens is 1. The number of rotatable bonds is 3. The minimum absolute atomic E-state index is 0. The van der Waals surface area contributed by atoms with Crippen LogP contribution in [-0.4, -0.2) is 34.7 Å². The molecule has 3 heterocycles. The van der Waals surface area contributed by atoms with E-state index >= 15 is 0 Å². The number of hydrogen-bond acceptors (Lipinski definition) is 6. The largest absolute Gasteiger partial charge is 1.00 e. The molecule has 0 amide bonds. The Kier molecular flexibility index (Phi) is 5.79. The van der Waals surface area contributed by atoms with Crippen LogP contribution in [0.15, 0.2) is 29.3 Å². The van der Waals surface area contributed by atoms with E-state index in [4.69, 9.17) is 17.3 Å². The number of carboxylic acid groups (broad SMARTS) is 1. The molecule has 0 spiro atoms. The van der Waals surface area contributed by atoms with E-state index in [1.165, 1.54) is 12.4 Å². The first-order valence-electron chi connectivity index (χ1n) is 10.0. The first kappa shape index (κ1) is 21.8. The molecule has 2 aromatic rings. The minimum Gasteiger partial charge on any atom is -0.545 e. The van der Waals surface area contributed by atoms with Crippen molar-refractivity contribution in [3.63, 3.8) is 0 Å². The molecule has 2 N–H and O–H groups in total. The summed E-state index contributed by atoms with van der Waals surface area (Å²) in [6.45, 7) is 3.75. The van der Waals surface area contributed by atoms with Crippen LogP contribution < -0.4 is 50.7 Å². The summed E-state index contributed by atoms with van der Waals surface area (Å²) in [6.07, 6.45) is 8.93. The van der Waals surface area contributed by atoms with Crippen molar-refractivity contribution < 1.29 is 39.5 Å². The van der Waals surface area contributed by atoms with E-state index in [1.807, 2.05) is 4.57 Å². The van der Waals surface area contributed by atoms with Gasteiger partial charge in [0.1, 0.15) is 10.8 Å². The van der Waals surface area contributed by atoms with Gasteiger partial charge in [-0.2, -0.15) is 0 Å². The predicted octanol–water partition coefficient (Wildman–Crippen LogP) is -1.66. The molecule has 1 saturated heterocycles. The quantitative estimate of drug-likeness (QED) is 0.456. The Bertz CT molecular complexity index is 1090. The summed E-state index contributed by atoms with van der Waals surface area (Å²) in [5.41, 5.74) is 5.91. The van der Waals surface area contributed by atoms with Crippen LogP contribution in [0.4, 0.5) is 5.82 Å². The monoisotopic (exact) mass is 436 g/mol. The number of aromatic carboxylic acids is 1. The third kappa shape index (κ3) is 3.41. The van der Waals surface area contributed by atoms with Gasteiger partial charge in [0.15, 0.2) is 5.43 Å². The Labute approximate surface area is 201 Å². The fourth-order valence-corrected chi connectivity index (χ4v) is 5.25. The summed E-state index contributed by atoms with van der Waals surface area (Å²) in [5.74, 6) is 0.331. The molecule has 0 unspecified atom stereocenters. The van der Waals surface area contributed by atoms with Crippen molar-refractivity contribution in [2.24, 2.45) is 23.5 Å². The zero-order chi connectivity index (χ0) is 20.4. The Morgan fingerprint density at radius 1 is 1.27 bits per heavy atom. The molecule has 9 heteroatoms. The smallest absolute Gasteiger partial charge is 0.545 e. The number of nitrogens with two attached hydrogens (primary N) is 1. The van der Waals surface area contributed by atoms with Crippen molar-refractivity contribution in [1.29, 1.82) is 0 Å². The fourth-order valence-electron chi connectivity index (χ4n) is 4.88. The van der Waals surface area contributed by atoms with Crippen LogP contribution in [0.5, 0.6) is 0 Å². The van der Waals surface area contributed by atoms with Gasteiger partial charge in [0.05, 0.1) is 22.4 Å². The first-order chi connectivity index (χ1) is 13.9. The summed E-state index contributed by atoms with van der Waals surface area (Å²) in [5, 5.41) is 12.0. The van der Waals surface area contributed by atoms with Crippen molar-refractivity contribution in [2.75, 3.05) is 18.0 Å². The Morgan fingerprint density at radius 2 is 1.97 bits per heavy atom. The molecule has 5 rings (SSSR count). The van der Waals surface area contributed by atoms with Gasteiger partial charge in [0.2, 0.25) is 0 Å². The van der Waals surface area contributed by atoms with Crippen LogP contribution in [0.3, 0.4) is 0 Å². The third-order valence-corrected chi connectivity index (χ3v) is 7.02. The normalized spacial score (nSPS) is 27.8. The molecule has 30 heavy (non-hydrogen) atoms. The van der Waals surface area contributed by atoms with Gasteiger partial charge in [-0.25, -0.2) is 4.98 Å². The van der Waals surface area contributed by atoms with Crippen molar-refractivity contribution >= 4 is 34.3 Å². The van der Waals surface area contributed by atoms with E-state index in [0.29, 0.717) is 34.1 Å².